The van der Waals surface area contributed by atoms with Gasteiger partial charge < -0.3 is 19.2 Å². The monoisotopic (exact) mass is 411 g/mol. The summed E-state index contributed by atoms with van der Waals surface area (Å²) in [6.45, 7) is 10.0. The first-order valence-corrected chi connectivity index (χ1v) is 10.2. The smallest absolute Gasteiger partial charge is 0.295 e. The number of nitrogens with zero attached hydrogens (tertiary/aromatic N) is 1. The topological polar surface area (TPSA) is 80.0 Å². The van der Waals surface area contributed by atoms with E-state index in [1.807, 2.05) is 39.8 Å². The number of aliphatic hydroxyl groups is 1. The van der Waals surface area contributed by atoms with Crippen LogP contribution < -0.4 is 4.74 Å². The fourth-order valence-corrected chi connectivity index (χ4v) is 3.97. The van der Waals surface area contributed by atoms with Gasteiger partial charge in [-0.15, -0.1) is 0 Å². The van der Waals surface area contributed by atoms with E-state index in [1.54, 1.807) is 26.2 Å². The first-order chi connectivity index (χ1) is 14.2. The van der Waals surface area contributed by atoms with Crippen LogP contribution in [0.25, 0.3) is 5.76 Å². The minimum Gasteiger partial charge on any atom is -0.507 e. The van der Waals surface area contributed by atoms with Crippen LogP contribution in [0, 0.1) is 13.8 Å². The van der Waals surface area contributed by atoms with E-state index >= 15 is 0 Å². The quantitative estimate of drug-likeness (QED) is 0.417. The molecule has 2 aromatic rings. The highest BCUT2D eigenvalue weighted by molar-refractivity contribution is 6.46. The third-order valence-electron chi connectivity index (χ3n) is 5.49. The molecule has 1 fully saturated rings. The average Bonchev–Trinajstić information content (AvgIpc) is 3.23. The Morgan fingerprint density at radius 3 is 2.47 bits per heavy atom. The van der Waals surface area contributed by atoms with Crippen LogP contribution in [0.4, 0.5) is 0 Å². The maximum absolute atomic E-state index is 13.0. The molecule has 1 aromatic carbocycles. The van der Waals surface area contributed by atoms with E-state index in [4.69, 9.17) is 9.15 Å². The van der Waals surface area contributed by atoms with E-state index in [0.29, 0.717) is 30.0 Å². The van der Waals surface area contributed by atoms with Gasteiger partial charge in [0.05, 0.1) is 12.7 Å². The summed E-state index contributed by atoms with van der Waals surface area (Å²) >= 11 is 0. The fourth-order valence-electron chi connectivity index (χ4n) is 3.97. The molecule has 0 bridgehead atoms. The number of methoxy groups -OCH3 is 1. The highest BCUT2D eigenvalue weighted by Gasteiger charge is 2.47. The Balaban J connectivity index is 2.25. The summed E-state index contributed by atoms with van der Waals surface area (Å²) in [6.07, 6.45) is 0.683. The largest absolute Gasteiger partial charge is 0.507 e. The molecule has 1 saturated heterocycles. The highest BCUT2D eigenvalue weighted by atomic mass is 16.5. The molecule has 1 aliphatic heterocycles. The zero-order valence-corrected chi connectivity index (χ0v) is 18.4. The lowest BCUT2D eigenvalue weighted by Crippen LogP contribution is -2.30. The first kappa shape index (κ1) is 21.7. The molecule has 160 valence electrons. The number of aliphatic hydroxyl groups excluding tert-OH is 1. The molecule has 0 spiro atoms. The van der Waals surface area contributed by atoms with Crippen molar-refractivity contribution in [3.05, 3.63) is 58.0 Å². The predicted octanol–water partition coefficient (Wildman–Crippen LogP) is 4.86. The molecule has 0 radical (unpaired) electrons. The van der Waals surface area contributed by atoms with E-state index < -0.39 is 17.7 Å². The number of hydrogen-bond acceptors (Lipinski definition) is 5. The zero-order valence-electron chi connectivity index (χ0n) is 18.4. The third-order valence-corrected chi connectivity index (χ3v) is 5.49. The summed E-state index contributed by atoms with van der Waals surface area (Å²) in [5, 5.41) is 11.3. The molecule has 1 unspecified atom stereocenters. The molecule has 1 amide bonds. The molecule has 1 atom stereocenters. The molecule has 0 saturated carbocycles. The van der Waals surface area contributed by atoms with Crippen molar-refractivity contribution in [2.75, 3.05) is 13.7 Å². The molecular weight excluding hydrogens is 382 g/mol. The molecule has 1 aromatic heterocycles. The Morgan fingerprint density at radius 2 is 1.93 bits per heavy atom. The van der Waals surface area contributed by atoms with Crippen LogP contribution in [0.5, 0.6) is 5.75 Å². The Hall–Kier alpha value is -3.02. The van der Waals surface area contributed by atoms with Gasteiger partial charge in [-0.3, -0.25) is 9.59 Å². The Labute approximate surface area is 177 Å². The van der Waals surface area contributed by atoms with Gasteiger partial charge in [0, 0.05) is 12.1 Å². The van der Waals surface area contributed by atoms with Gasteiger partial charge in [-0.05, 0) is 61.6 Å². The average molecular weight is 411 g/mol. The maximum Gasteiger partial charge on any atom is 0.295 e. The Bertz CT molecular complexity index is 1010. The van der Waals surface area contributed by atoms with Crippen molar-refractivity contribution < 1.29 is 23.8 Å². The molecule has 6 nitrogen and oxygen atoms in total. The normalized spacial score (nSPS) is 18.5. The molecule has 30 heavy (non-hydrogen) atoms. The lowest BCUT2D eigenvalue weighted by atomic mass is 9.92. The number of amides is 1. The van der Waals surface area contributed by atoms with Crippen molar-refractivity contribution in [3.63, 3.8) is 0 Å². The van der Waals surface area contributed by atoms with Crippen LogP contribution in [0.3, 0.4) is 0 Å². The number of rotatable bonds is 6. The lowest BCUT2D eigenvalue weighted by molar-refractivity contribution is -0.140. The Kier molecular flexibility index (Phi) is 6.06. The van der Waals surface area contributed by atoms with Crippen LogP contribution >= 0.6 is 0 Å². The summed E-state index contributed by atoms with van der Waals surface area (Å²) in [4.78, 5) is 27.2. The van der Waals surface area contributed by atoms with Crippen LogP contribution in [-0.2, 0) is 9.59 Å². The number of hydrogen-bond donors (Lipinski definition) is 1. The van der Waals surface area contributed by atoms with Crippen LogP contribution in [0.15, 0.2) is 34.3 Å². The molecule has 0 aliphatic carbocycles. The van der Waals surface area contributed by atoms with Crippen molar-refractivity contribution in [2.24, 2.45) is 0 Å². The second kappa shape index (κ2) is 8.38. The SMILES string of the molecule is CCCN1C(=O)C(=O)/C(=C(/O)c2cc(C(C)C)c(OC)cc2C)C1c1ccc(C)o1. The number of likely N-dealkylation sites (tertiary alicyclic amines) is 1. The third kappa shape index (κ3) is 3.62. The van der Waals surface area contributed by atoms with E-state index in [1.165, 1.54) is 4.90 Å². The van der Waals surface area contributed by atoms with E-state index in [9.17, 15) is 14.7 Å². The fraction of sp³-hybridized carbons (Fsp3) is 0.417. The van der Waals surface area contributed by atoms with Gasteiger partial charge in [-0.2, -0.15) is 0 Å². The minimum atomic E-state index is -0.748. The van der Waals surface area contributed by atoms with Gasteiger partial charge in [0.1, 0.15) is 29.1 Å². The molecule has 1 N–H and O–H groups in total. The number of Topliss-reactive ketones (excluding diaryl/α,β-unsaturated/α-hetero) is 1. The Morgan fingerprint density at radius 1 is 1.23 bits per heavy atom. The van der Waals surface area contributed by atoms with Crippen LogP contribution in [0.1, 0.15) is 67.4 Å². The number of furan rings is 1. The van der Waals surface area contributed by atoms with Gasteiger partial charge in [0.25, 0.3) is 11.7 Å². The summed E-state index contributed by atoms with van der Waals surface area (Å²) in [6, 6.07) is 6.48. The number of ketones is 1. The molecular formula is C24H29NO5. The van der Waals surface area contributed by atoms with Crippen molar-refractivity contribution in [3.8, 4) is 5.75 Å². The standard InChI is InChI=1S/C24H29NO5/c1-7-10-25-21(18-9-8-15(5)30-18)20(23(27)24(25)28)22(26)17-12-16(13(2)3)19(29-6)11-14(17)4/h8-9,11-13,21,26H,7,10H2,1-6H3/b22-20+. The zero-order chi connectivity index (χ0) is 22.2. The summed E-state index contributed by atoms with van der Waals surface area (Å²) < 4.78 is 11.3. The van der Waals surface area contributed by atoms with Crippen LogP contribution in [0.2, 0.25) is 0 Å². The number of carbonyl (C=O) groups excluding carboxylic acids is 2. The van der Waals surface area contributed by atoms with Gasteiger partial charge >= 0.3 is 0 Å². The number of carbonyl (C=O) groups is 2. The molecule has 3 rings (SSSR count). The summed E-state index contributed by atoms with van der Waals surface area (Å²) in [5.74, 6) is 0.524. The van der Waals surface area contributed by atoms with Gasteiger partial charge in [0.2, 0.25) is 0 Å². The van der Waals surface area contributed by atoms with Crippen molar-refractivity contribution in [2.45, 2.75) is 53.0 Å². The number of aryl methyl sites for hydroxylation is 2. The predicted molar refractivity (Wildman–Crippen MR) is 115 cm³/mol. The number of ether oxygens (including phenoxy) is 1. The van der Waals surface area contributed by atoms with Crippen molar-refractivity contribution in [1.29, 1.82) is 0 Å². The molecule has 1 aliphatic rings. The lowest BCUT2D eigenvalue weighted by Gasteiger charge is -2.23. The van der Waals surface area contributed by atoms with E-state index in [-0.39, 0.29) is 17.3 Å². The second-order valence-corrected chi connectivity index (χ2v) is 8.00. The minimum absolute atomic E-state index is 0.0609. The van der Waals surface area contributed by atoms with Gasteiger partial charge in [-0.1, -0.05) is 20.8 Å². The van der Waals surface area contributed by atoms with Crippen molar-refractivity contribution >= 4 is 17.4 Å². The number of benzene rings is 1. The van der Waals surface area contributed by atoms with Crippen LogP contribution in [-0.4, -0.2) is 35.4 Å². The summed E-state index contributed by atoms with van der Waals surface area (Å²) in [5.41, 5.74) is 2.25. The highest BCUT2D eigenvalue weighted by Crippen LogP contribution is 2.41. The molecule has 2 heterocycles. The van der Waals surface area contributed by atoms with E-state index in [2.05, 4.69) is 0 Å². The van der Waals surface area contributed by atoms with Gasteiger partial charge in [0.15, 0.2) is 0 Å². The first-order valence-electron chi connectivity index (χ1n) is 10.2. The van der Waals surface area contributed by atoms with Crippen molar-refractivity contribution in [1.82, 2.24) is 4.90 Å². The molecule has 6 heteroatoms. The summed E-state index contributed by atoms with van der Waals surface area (Å²) in [7, 11) is 1.61. The maximum atomic E-state index is 13.0. The van der Waals surface area contributed by atoms with Gasteiger partial charge in [-0.25, -0.2) is 0 Å². The second-order valence-electron chi connectivity index (χ2n) is 8.00. The van der Waals surface area contributed by atoms with E-state index in [0.717, 1.165) is 16.9 Å².